The van der Waals surface area contributed by atoms with Crippen LogP contribution in [-0.2, 0) is 21.2 Å². The van der Waals surface area contributed by atoms with Gasteiger partial charge in [-0.05, 0) is 37.5 Å². The van der Waals surface area contributed by atoms with Gasteiger partial charge < -0.3 is 5.32 Å². The zero-order chi connectivity index (χ0) is 19.2. The highest BCUT2D eigenvalue weighted by Gasteiger charge is 2.30. The average Bonchev–Trinajstić information content (AvgIpc) is 2.60. The van der Waals surface area contributed by atoms with Crippen molar-refractivity contribution in [2.45, 2.75) is 25.8 Å². The standard InChI is InChI=1S/C19H23FN2O3S/c1-15(19(23)21-14-8-11-16-9-4-3-5-10-16)22(26(2,24)25)18-13-7-6-12-17(18)20/h3-7,9-10,12-13,15H,8,11,14H2,1-2H3,(H,21,23)/t15-/m1/s1. The molecule has 2 aromatic carbocycles. The summed E-state index contributed by atoms with van der Waals surface area (Å²) in [5.41, 5.74) is 1.03. The Kier molecular flexibility index (Phi) is 6.74. The zero-order valence-electron chi connectivity index (χ0n) is 14.9. The topological polar surface area (TPSA) is 66.5 Å². The fourth-order valence-corrected chi connectivity index (χ4v) is 3.88. The van der Waals surface area contributed by atoms with Crippen molar-refractivity contribution in [3.63, 3.8) is 0 Å². The number of nitrogens with zero attached hydrogens (tertiary/aromatic N) is 1. The number of anilines is 1. The molecule has 140 valence electrons. The molecule has 0 spiro atoms. The smallest absolute Gasteiger partial charge is 0.243 e. The number of hydrogen-bond donors (Lipinski definition) is 1. The van der Waals surface area contributed by atoms with Crippen molar-refractivity contribution in [2.75, 3.05) is 17.1 Å². The van der Waals surface area contributed by atoms with Crippen molar-refractivity contribution in [1.29, 1.82) is 0 Å². The Bertz CT molecular complexity index is 841. The summed E-state index contributed by atoms with van der Waals surface area (Å²) in [6.45, 7) is 1.85. The lowest BCUT2D eigenvalue weighted by atomic mass is 10.1. The van der Waals surface area contributed by atoms with Crippen LogP contribution >= 0.6 is 0 Å². The van der Waals surface area contributed by atoms with E-state index in [4.69, 9.17) is 0 Å². The van der Waals surface area contributed by atoms with Crippen LogP contribution in [0, 0.1) is 5.82 Å². The maximum atomic E-state index is 14.1. The Balaban J connectivity index is 2.00. The van der Waals surface area contributed by atoms with Gasteiger partial charge in [0.15, 0.2) is 0 Å². The number of halogens is 1. The fourth-order valence-electron chi connectivity index (χ4n) is 2.71. The fraction of sp³-hybridized carbons (Fsp3) is 0.316. The molecule has 2 aromatic rings. The third-order valence-electron chi connectivity index (χ3n) is 3.96. The second-order valence-electron chi connectivity index (χ2n) is 6.07. The molecule has 2 rings (SSSR count). The molecule has 0 aliphatic rings. The second kappa shape index (κ2) is 8.80. The van der Waals surface area contributed by atoms with Crippen LogP contribution in [0.3, 0.4) is 0 Å². The molecule has 26 heavy (non-hydrogen) atoms. The highest BCUT2D eigenvalue weighted by Crippen LogP contribution is 2.24. The Morgan fingerprint density at radius 1 is 1.12 bits per heavy atom. The van der Waals surface area contributed by atoms with E-state index in [0.29, 0.717) is 6.54 Å². The van der Waals surface area contributed by atoms with E-state index in [1.54, 1.807) is 0 Å². The van der Waals surface area contributed by atoms with Gasteiger partial charge in [0.1, 0.15) is 11.9 Å². The van der Waals surface area contributed by atoms with Crippen molar-refractivity contribution < 1.29 is 17.6 Å². The molecule has 1 amide bonds. The van der Waals surface area contributed by atoms with E-state index < -0.39 is 27.8 Å². The number of para-hydroxylation sites is 1. The van der Waals surface area contributed by atoms with Crippen LogP contribution in [0.4, 0.5) is 10.1 Å². The number of benzene rings is 2. The first-order valence-electron chi connectivity index (χ1n) is 8.36. The number of rotatable bonds is 8. The highest BCUT2D eigenvalue weighted by molar-refractivity contribution is 7.92. The lowest BCUT2D eigenvalue weighted by molar-refractivity contribution is -0.121. The van der Waals surface area contributed by atoms with Crippen molar-refractivity contribution in [2.24, 2.45) is 0 Å². The molecule has 1 atom stereocenters. The SMILES string of the molecule is C[C@H](C(=O)NCCCc1ccccc1)N(c1ccccc1F)S(C)(=O)=O. The molecule has 0 fully saturated rings. The van der Waals surface area contributed by atoms with E-state index in [-0.39, 0.29) is 5.69 Å². The van der Waals surface area contributed by atoms with Gasteiger partial charge in [0.25, 0.3) is 0 Å². The van der Waals surface area contributed by atoms with Gasteiger partial charge in [0, 0.05) is 6.54 Å². The first kappa shape index (κ1) is 19.9. The van der Waals surface area contributed by atoms with Gasteiger partial charge in [0.05, 0.1) is 11.9 Å². The molecule has 1 N–H and O–H groups in total. The second-order valence-corrected chi connectivity index (χ2v) is 7.93. The molecule has 0 bridgehead atoms. The van der Waals surface area contributed by atoms with Crippen LogP contribution < -0.4 is 9.62 Å². The summed E-state index contributed by atoms with van der Waals surface area (Å²) in [5, 5.41) is 2.73. The maximum absolute atomic E-state index is 14.1. The molecule has 0 saturated heterocycles. The highest BCUT2D eigenvalue weighted by atomic mass is 32.2. The normalized spacial score (nSPS) is 12.4. The molecule has 0 aromatic heterocycles. The predicted molar refractivity (Wildman–Crippen MR) is 101 cm³/mol. The number of sulfonamides is 1. The van der Waals surface area contributed by atoms with Crippen molar-refractivity contribution in [3.05, 3.63) is 66.0 Å². The lowest BCUT2D eigenvalue weighted by Gasteiger charge is -2.28. The summed E-state index contributed by atoms with van der Waals surface area (Å²) in [6.07, 6.45) is 2.48. The zero-order valence-corrected chi connectivity index (χ0v) is 15.7. The number of amides is 1. The molecule has 0 radical (unpaired) electrons. The predicted octanol–water partition coefficient (Wildman–Crippen LogP) is 2.73. The summed E-state index contributed by atoms with van der Waals surface area (Å²) in [6, 6.07) is 14.3. The minimum absolute atomic E-state index is 0.137. The molecular weight excluding hydrogens is 355 g/mol. The van der Waals surface area contributed by atoms with E-state index in [1.807, 2.05) is 30.3 Å². The number of nitrogens with one attached hydrogen (secondary N) is 1. The first-order valence-corrected chi connectivity index (χ1v) is 10.2. The number of hydrogen-bond acceptors (Lipinski definition) is 3. The molecular formula is C19H23FN2O3S. The minimum Gasteiger partial charge on any atom is -0.354 e. The monoisotopic (exact) mass is 378 g/mol. The van der Waals surface area contributed by atoms with E-state index >= 15 is 0 Å². The number of aryl methyl sites for hydroxylation is 1. The van der Waals surface area contributed by atoms with E-state index in [0.717, 1.165) is 29.5 Å². The van der Waals surface area contributed by atoms with Crippen molar-refractivity contribution in [3.8, 4) is 0 Å². The van der Waals surface area contributed by atoms with Gasteiger partial charge in [0.2, 0.25) is 15.9 Å². The van der Waals surface area contributed by atoms with Crippen LogP contribution in [0.2, 0.25) is 0 Å². The van der Waals surface area contributed by atoms with Crippen molar-refractivity contribution >= 4 is 21.6 Å². The van der Waals surface area contributed by atoms with Crippen LogP contribution in [0.1, 0.15) is 18.9 Å². The van der Waals surface area contributed by atoms with Gasteiger partial charge in [-0.2, -0.15) is 0 Å². The van der Waals surface area contributed by atoms with E-state index in [9.17, 15) is 17.6 Å². The van der Waals surface area contributed by atoms with Gasteiger partial charge in [-0.1, -0.05) is 42.5 Å². The van der Waals surface area contributed by atoms with Crippen LogP contribution in [0.15, 0.2) is 54.6 Å². The van der Waals surface area contributed by atoms with Gasteiger partial charge in [-0.15, -0.1) is 0 Å². The van der Waals surface area contributed by atoms with Crippen LogP contribution in [0.25, 0.3) is 0 Å². The average molecular weight is 378 g/mol. The number of carbonyl (C=O) groups is 1. The number of carbonyl (C=O) groups excluding carboxylic acids is 1. The third-order valence-corrected chi connectivity index (χ3v) is 5.19. The first-order chi connectivity index (χ1) is 12.3. The molecule has 7 heteroatoms. The molecule has 0 unspecified atom stereocenters. The van der Waals surface area contributed by atoms with E-state index in [1.165, 1.54) is 30.7 Å². The molecule has 5 nitrogen and oxygen atoms in total. The maximum Gasteiger partial charge on any atom is 0.243 e. The molecule has 0 aliphatic carbocycles. The largest absolute Gasteiger partial charge is 0.354 e. The Hall–Kier alpha value is -2.41. The summed E-state index contributed by atoms with van der Waals surface area (Å²) in [5.74, 6) is -1.16. The van der Waals surface area contributed by atoms with Gasteiger partial charge in [-0.3, -0.25) is 9.10 Å². The Morgan fingerprint density at radius 2 is 1.73 bits per heavy atom. The third kappa shape index (κ3) is 5.29. The van der Waals surface area contributed by atoms with Gasteiger partial charge in [-0.25, -0.2) is 12.8 Å². The summed E-state index contributed by atoms with van der Waals surface area (Å²) in [4.78, 5) is 12.4. The lowest BCUT2D eigenvalue weighted by Crippen LogP contribution is -2.48. The molecule has 0 saturated carbocycles. The molecule has 0 aliphatic heterocycles. The van der Waals surface area contributed by atoms with Crippen LogP contribution in [-0.4, -0.2) is 33.2 Å². The molecule has 0 heterocycles. The Labute approximate surface area is 153 Å². The summed E-state index contributed by atoms with van der Waals surface area (Å²) in [7, 11) is -3.83. The van der Waals surface area contributed by atoms with E-state index in [2.05, 4.69) is 5.32 Å². The minimum atomic E-state index is -3.83. The van der Waals surface area contributed by atoms with Gasteiger partial charge >= 0.3 is 0 Å². The summed E-state index contributed by atoms with van der Waals surface area (Å²) < 4.78 is 39.1. The Morgan fingerprint density at radius 3 is 2.35 bits per heavy atom. The van der Waals surface area contributed by atoms with Crippen LogP contribution in [0.5, 0.6) is 0 Å². The summed E-state index contributed by atoms with van der Waals surface area (Å²) >= 11 is 0. The van der Waals surface area contributed by atoms with Crippen molar-refractivity contribution in [1.82, 2.24) is 5.32 Å². The quantitative estimate of drug-likeness (QED) is 0.719.